The van der Waals surface area contributed by atoms with Crippen molar-refractivity contribution in [2.45, 2.75) is 65.3 Å². The van der Waals surface area contributed by atoms with Crippen LogP contribution >= 0.6 is 0 Å². The molecular formula is C15H29N. The van der Waals surface area contributed by atoms with Crippen LogP contribution in [0.2, 0.25) is 0 Å². The molecule has 94 valence electrons. The van der Waals surface area contributed by atoms with Crippen molar-refractivity contribution in [1.29, 1.82) is 0 Å². The molecule has 0 radical (unpaired) electrons. The first-order valence-corrected chi connectivity index (χ1v) is 7.42. The van der Waals surface area contributed by atoms with Crippen molar-refractivity contribution >= 4 is 0 Å². The van der Waals surface area contributed by atoms with Crippen LogP contribution in [0.15, 0.2) is 0 Å². The first kappa shape index (κ1) is 12.4. The number of nitrogens with one attached hydrogen (secondary N) is 1. The van der Waals surface area contributed by atoms with E-state index in [-0.39, 0.29) is 0 Å². The van der Waals surface area contributed by atoms with Crippen LogP contribution in [-0.4, -0.2) is 12.6 Å². The second kappa shape index (κ2) is 5.53. The lowest BCUT2D eigenvalue weighted by Crippen LogP contribution is -2.40. The van der Waals surface area contributed by atoms with Crippen molar-refractivity contribution in [3.8, 4) is 0 Å². The van der Waals surface area contributed by atoms with Crippen molar-refractivity contribution in [2.24, 2.45) is 23.7 Å². The Bertz CT molecular complexity index is 197. The average molecular weight is 223 g/mol. The highest BCUT2D eigenvalue weighted by Crippen LogP contribution is 2.40. The number of hydrogen-bond acceptors (Lipinski definition) is 1. The van der Waals surface area contributed by atoms with Gasteiger partial charge in [0.15, 0.2) is 0 Å². The summed E-state index contributed by atoms with van der Waals surface area (Å²) < 4.78 is 0. The summed E-state index contributed by atoms with van der Waals surface area (Å²) in [6, 6.07) is 0.822. The van der Waals surface area contributed by atoms with E-state index in [4.69, 9.17) is 0 Å². The molecule has 0 amide bonds. The average Bonchev–Trinajstić information content (AvgIpc) is 2.99. The quantitative estimate of drug-likeness (QED) is 0.747. The zero-order chi connectivity index (χ0) is 11.5. The van der Waals surface area contributed by atoms with Gasteiger partial charge in [-0.3, -0.25) is 0 Å². The van der Waals surface area contributed by atoms with Gasteiger partial charge in [-0.25, -0.2) is 0 Å². The Labute approximate surface area is 101 Å². The van der Waals surface area contributed by atoms with Crippen molar-refractivity contribution in [2.75, 3.05) is 6.54 Å². The third-order valence-corrected chi connectivity index (χ3v) is 4.53. The van der Waals surface area contributed by atoms with Crippen molar-refractivity contribution in [3.05, 3.63) is 0 Å². The van der Waals surface area contributed by atoms with E-state index in [2.05, 4.69) is 26.1 Å². The highest BCUT2D eigenvalue weighted by atomic mass is 14.9. The summed E-state index contributed by atoms with van der Waals surface area (Å²) in [6.07, 6.45) is 8.85. The third kappa shape index (κ3) is 3.48. The maximum Gasteiger partial charge on any atom is 0.00980 e. The Hall–Kier alpha value is -0.0400. The third-order valence-electron chi connectivity index (χ3n) is 4.53. The van der Waals surface area contributed by atoms with Gasteiger partial charge in [-0.15, -0.1) is 0 Å². The lowest BCUT2D eigenvalue weighted by Gasteiger charge is -2.37. The van der Waals surface area contributed by atoms with Crippen LogP contribution in [0.4, 0.5) is 0 Å². The van der Waals surface area contributed by atoms with Gasteiger partial charge in [0.25, 0.3) is 0 Å². The highest BCUT2D eigenvalue weighted by Gasteiger charge is 2.33. The number of rotatable bonds is 5. The van der Waals surface area contributed by atoms with Crippen LogP contribution < -0.4 is 5.32 Å². The first-order chi connectivity index (χ1) is 7.69. The Kier molecular flexibility index (Phi) is 4.29. The smallest absolute Gasteiger partial charge is 0.00980 e. The molecule has 0 heterocycles. The minimum atomic E-state index is 0.822. The van der Waals surface area contributed by atoms with E-state index in [1.54, 1.807) is 0 Å². The molecule has 2 aliphatic carbocycles. The van der Waals surface area contributed by atoms with E-state index in [1.165, 1.54) is 38.5 Å². The zero-order valence-corrected chi connectivity index (χ0v) is 11.3. The van der Waals surface area contributed by atoms with Gasteiger partial charge in [-0.2, -0.15) is 0 Å². The molecule has 1 nitrogen and oxygen atoms in total. The molecule has 1 N–H and O–H groups in total. The van der Waals surface area contributed by atoms with E-state index >= 15 is 0 Å². The molecule has 2 rings (SSSR count). The molecule has 16 heavy (non-hydrogen) atoms. The minimum absolute atomic E-state index is 0.822. The van der Waals surface area contributed by atoms with Gasteiger partial charge >= 0.3 is 0 Å². The molecule has 0 bridgehead atoms. The van der Waals surface area contributed by atoms with Gasteiger partial charge in [-0.1, -0.05) is 33.6 Å². The Morgan fingerprint density at radius 2 is 1.69 bits per heavy atom. The van der Waals surface area contributed by atoms with Gasteiger partial charge < -0.3 is 5.32 Å². The predicted octanol–water partition coefficient (Wildman–Crippen LogP) is 3.84. The van der Waals surface area contributed by atoms with Crippen molar-refractivity contribution < 1.29 is 0 Å². The SMILES string of the molecule is CCNC(CC1CC1)C1CC(C)CC(C)C1. The molecule has 0 aromatic carbocycles. The Balaban J connectivity index is 1.88. The second-order valence-corrected chi connectivity index (χ2v) is 6.52. The normalized spacial score (nSPS) is 37.3. The molecule has 0 spiro atoms. The molecule has 0 saturated heterocycles. The van der Waals surface area contributed by atoms with E-state index in [0.717, 1.165) is 36.3 Å². The van der Waals surface area contributed by atoms with Gasteiger partial charge in [0.1, 0.15) is 0 Å². The summed E-state index contributed by atoms with van der Waals surface area (Å²) in [5.74, 6) is 3.93. The highest BCUT2D eigenvalue weighted by molar-refractivity contribution is 4.88. The van der Waals surface area contributed by atoms with Crippen molar-refractivity contribution in [1.82, 2.24) is 5.32 Å². The van der Waals surface area contributed by atoms with Crippen LogP contribution in [0.3, 0.4) is 0 Å². The summed E-state index contributed by atoms with van der Waals surface area (Å²) in [5, 5.41) is 3.76. The van der Waals surface area contributed by atoms with E-state index in [0.29, 0.717) is 0 Å². The van der Waals surface area contributed by atoms with Crippen LogP contribution in [-0.2, 0) is 0 Å². The minimum Gasteiger partial charge on any atom is -0.314 e. The summed E-state index contributed by atoms with van der Waals surface area (Å²) >= 11 is 0. The van der Waals surface area contributed by atoms with E-state index in [9.17, 15) is 0 Å². The second-order valence-electron chi connectivity index (χ2n) is 6.52. The Morgan fingerprint density at radius 3 is 2.19 bits per heavy atom. The van der Waals surface area contributed by atoms with E-state index in [1.807, 2.05) is 0 Å². The molecule has 0 aromatic rings. The molecule has 0 aromatic heterocycles. The van der Waals surface area contributed by atoms with Crippen LogP contribution in [0, 0.1) is 23.7 Å². The number of hydrogen-bond donors (Lipinski definition) is 1. The molecular weight excluding hydrogens is 194 g/mol. The van der Waals surface area contributed by atoms with E-state index < -0.39 is 0 Å². The molecule has 1 heteroatoms. The summed E-state index contributed by atoms with van der Waals surface area (Å²) in [7, 11) is 0. The summed E-state index contributed by atoms with van der Waals surface area (Å²) in [5.41, 5.74) is 0. The zero-order valence-electron chi connectivity index (χ0n) is 11.3. The monoisotopic (exact) mass is 223 g/mol. The standard InChI is InChI=1S/C15H29N/c1-4-16-15(10-13-5-6-13)14-8-11(2)7-12(3)9-14/h11-16H,4-10H2,1-3H3. The topological polar surface area (TPSA) is 12.0 Å². The largest absolute Gasteiger partial charge is 0.314 e. The lowest BCUT2D eigenvalue weighted by molar-refractivity contribution is 0.169. The molecule has 3 atom stereocenters. The molecule has 2 saturated carbocycles. The van der Waals surface area contributed by atoms with Gasteiger partial charge in [0.2, 0.25) is 0 Å². The molecule has 0 aliphatic heterocycles. The maximum absolute atomic E-state index is 3.76. The fourth-order valence-corrected chi connectivity index (χ4v) is 3.76. The molecule has 2 fully saturated rings. The molecule has 3 unspecified atom stereocenters. The summed E-state index contributed by atoms with van der Waals surface area (Å²) in [6.45, 7) is 8.30. The van der Waals surface area contributed by atoms with Crippen LogP contribution in [0.5, 0.6) is 0 Å². The fourth-order valence-electron chi connectivity index (χ4n) is 3.76. The first-order valence-electron chi connectivity index (χ1n) is 7.42. The Morgan fingerprint density at radius 1 is 1.06 bits per heavy atom. The maximum atomic E-state index is 3.76. The van der Waals surface area contributed by atoms with Crippen molar-refractivity contribution in [3.63, 3.8) is 0 Å². The van der Waals surface area contributed by atoms with Crippen LogP contribution in [0.1, 0.15) is 59.3 Å². The van der Waals surface area contributed by atoms with Crippen LogP contribution in [0.25, 0.3) is 0 Å². The summed E-state index contributed by atoms with van der Waals surface area (Å²) in [4.78, 5) is 0. The van der Waals surface area contributed by atoms with Gasteiger partial charge in [0.05, 0.1) is 0 Å². The fraction of sp³-hybridized carbons (Fsp3) is 1.00. The van der Waals surface area contributed by atoms with Gasteiger partial charge in [-0.05, 0) is 55.9 Å². The predicted molar refractivity (Wildman–Crippen MR) is 70.5 cm³/mol. The van der Waals surface area contributed by atoms with Gasteiger partial charge in [0, 0.05) is 6.04 Å². The molecule has 2 aliphatic rings. The lowest BCUT2D eigenvalue weighted by atomic mass is 9.73.